The first-order valence-electron chi connectivity index (χ1n) is 9.12. The largest absolute Gasteiger partial charge is 1.00 e. The van der Waals surface area contributed by atoms with Gasteiger partial charge in [-0.3, -0.25) is 0 Å². The van der Waals surface area contributed by atoms with Crippen molar-refractivity contribution in [2.24, 2.45) is 0 Å². The number of hydrogen-bond donors (Lipinski definition) is 1. The molecule has 160 valence electrons. The number of halogens is 1. The average Bonchev–Trinajstić information content (AvgIpc) is 2.73. The van der Waals surface area contributed by atoms with Gasteiger partial charge in [0.05, 0.1) is 52.4 Å². The SMILES string of the molecule is COc1cc([NH+]2CCN(S(=O)(=O)c3ccc(C)cc3)CC2)cc(OC)c1OC.[Cl-]. The van der Waals surface area contributed by atoms with E-state index >= 15 is 0 Å². The lowest BCUT2D eigenvalue weighted by atomic mass is 10.2. The number of methoxy groups -OCH3 is 3. The summed E-state index contributed by atoms with van der Waals surface area (Å²) in [5.41, 5.74) is 2.03. The molecule has 7 nitrogen and oxygen atoms in total. The Hall–Kier alpha value is -2.00. The fourth-order valence-corrected chi connectivity index (χ4v) is 4.87. The molecule has 0 aliphatic carbocycles. The van der Waals surface area contributed by atoms with E-state index in [1.165, 1.54) is 4.90 Å². The molecule has 1 heterocycles. The standard InChI is InChI=1S/C20H26N2O5S.ClH/c1-15-5-7-17(8-6-15)28(23,24)22-11-9-21(10-12-22)16-13-18(25-2)20(27-4)19(14-16)26-3;/h5-8,13-14H,9-12H2,1-4H3;1H. The van der Waals surface area contributed by atoms with Gasteiger partial charge in [0, 0.05) is 12.1 Å². The average molecular weight is 443 g/mol. The van der Waals surface area contributed by atoms with Crippen molar-refractivity contribution in [3.63, 3.8) is 0 Å². The minimum Gasteiger partial charge on any atom is -1.00 e. The maximum absolute atomic E-state index is 12.9. The molecule has 1 aliphatic heterocycles. The van der Waals surface area contributed by atoms with E-state index in [1.807, 2.05) is 31.2 Å². The lowest BCUT2D eigenvalue weighted by molar-refractivity contribution is -0.837. The number of nitrogens with zero attached hydrogens (tertiary/aromatic N) is 1. The zero-order valence-corrected chi connectivity index (χ0v) is 18.6. The Morgan fingerprint density at radius 1 is 0.897 bits per heavy atom. The van der Waals surface area contributed by atoms with Gasteiger partial charge in [-0.1, -0.05) is 17.7 Å². The zero-order valence-electron chi connectivity index (χ0n) is 17.1. The lowest BCUT2D eigenvalue weighted by Crippen LogP contribution is -3.10. The van der Waals surface area contributed by atoms with E-state index in [9.17, 15) is 8.42 Å². The second-order valence-corrected chi connectivity index (χ2v) is 8.67. The van der Waals surface area contributed by atoms with Crippen LogP contribution < -0.4 is 31.5 Å². The van der Waals surface area contributed by atoms with E-state index < -0.39 is 10.0 Å². The van der Waals surface area contributed by atoms with Gasteiger partial charge < -0.3 is 31.5 Å². The first-order chi connectivity index (χ1) is 13.4. The Kier molecular flexibility index (Phi) is 7.76. The first kappa shape index (κ1) is 23.3. The summed E-state index contributed by atoms with van der Waals surface area (Å²) >= 11 is 0. The summed E-state index contributed by atoms with van der Waals surface area (Å²) in [7, 11) is 1.27. The van der Waals surface area contributed by atoms with E-state index in [0.29, 0.717) is 48.3 Å². The van der Waals surface area contributed by atoms with Gasteiger partial charge in [-0.2, -0.15) is 4.31 Å². The van der Waals surface area contributed by atoms with Crippen LogP contribution in [0.15, 0.2) is 41.3 Å². The Balaban J connectivity index is 0.00000300. The molecule has 0 unspecified atom stereocenters. The van der Waals surface area contributed by atoms with Crippen molar-refractivity contribution in [1.82, 2.24) is 4.31 Å². The predicted molar refractivity (Wildman–Crippen MR) is 106 cm³/mol. The first-order valence-corrected chi connectivity index (χ1v) is 10.6. The van der Waals surface area contributed by atoms with Crippen LogP contribution in [0.2, 0.25) is 0 Å². The summed E-state index contributed by atoms with van der Waals surface area (Å²) in [6, 6.07) is 10.8. The number of hydrogen-bond acceptors (Lipinski definition) is 5. The van der Waals surface area contributed by atoms with Crippen molar-refractivity contribution in [3.05, 3.63) is 42.0 Å². The van der Waals surface area contributed by atoms with Crippen LogP contribution >= 0.6 is 0 Å². The Bertz CT molecular complexity index is 901. The van der Waals surface area contributed by atoms with Crippen LogP contribution in [-0.2, 0) is 10.0 Å². The van der Waals surface area contributed by atoms with Gasteiger partial charge in [0.15, 0.2) is 11.5 Å². The molecule has 0 radical (unpaired) electrons. The number of aryl methyl sites for hydroxylation is 1. The second-order valence-electron chi connectivity index (χ2n) is 6.73. The zero-order chi connectivity index (χ0) is 20.3. The summed E-state index contributed by atoms with van der Waals surface area (Å²) < 4.78 is 43.6. The highest BCUT2D eigenvalue weighted by atomic mass is 35.5. The molecule has 0 atom stereocenters. The molecule has 1 aliphatic rings. The van der Waals surface area contributed by atoms with Gasteiger partial charge in [0.25, 0.3) is 0 Å². The number of rotatable bonds is 6. The summed E-state index contributed by atoms with van der Waals surface area (Å²) in [5.74, 6) is 1.74. The smallest absolute Gasteiger partial charge is 0.243 e. The van der Waals surface area contributed by atoms with Gasteiger partial charge >= 0.3 is 0 Å². The quantitative estimate of drug-likeness (QED) is 0.574. The third-order valence-electron chi connectivity index (χ3n) is 5.06. The predicted octanol–water partition coefficient (Wildman–Crippen LogP) is -1.75. The Morgan fingerprint density at radius 2 is 1.41 bits per heavy atom. The molecule has 3 rings (SSSR count). The number of nitrogens with one attached hydrogen (secondary N) is 1. The fourth-order valence-electron chi connectivity index (χ4n) is 3.43. The van der Waals surface area contributed by atoms with E-state index in [1.54, 1.807) is 37.8 Å². The monoisotopic (exact) mass is 442 g/mol. The molecule has 0 spiro atoms. The van der Waals surface area contributed by atoms with Crippen LogP contribution in [-0.4, -0.2) is 60.2 Å². The van der Waals surface area contributed by atoms with Gasteiger partial charge in [0.1, 0.15) is 5.69 Å². The molecule has 1 N–H and O–H groups in total. The third kappa shape index (κ3) is 4.78. The minimum atomic E-state index is -3.47. The number of ether oxygens (including phenoxy) is 3. The van der Waals surface area contributed by atoms with E-state index in [0.717, 1.165) is 11.3 Å². The maximum atomic E-state index is 12.9. The highest BCUT2D eigenvalue weighted by Gasteiger charge is 2.32. The van der Waals surface area contributed by atoms with Crippen LogP contribution in [0.3, 0.4) is 0 Å². The summed E-state index contributed by atoms with van der Waals surface area (Å²) in [6.07, 6.45) is 0. The van der Waals surface area contributed by atoms with Crippen LogP contribution in [0.25, 0.3) is 0 Å². The fraction of sp³-hybridized carbons (Fsp3) is 0.400. The molecule has 2 aromatic rings. The summed E-state index contributed by atoms with van der Waals surface area (Å²) in [6.45, 7) is 4.15. The second kappa shape index (κ2) is 9.67. The molecule has 0 bridgehead atoms. The van der Waals surface area contributed by atoms with Gasteiger partial charge in [-0.05, 0) is 19.1 Å². The molecule has 0 aromatic heterocycles. The Morgan fingerprint density at radius 3 is 1.86 bits per heavy atom. The van der Waals surface area contributed by atoms with Crippen molar-refractivity contribution >= 4 is 15.7 Å². The van der Waals surface area contributed by atoms with Gasteiger partial charge in [0.2, 0.25) is 15.8 Å². The minimum absolute atomic E-state index is 0. The number of quaternary nitrogens is 1. The molecular weight excluding hydrogens is 416 g/mol. The number of benzene rings is 2. The highest BCUT2D eigenvalue weighted by molar-refractivity contribution is 7.89. The molecule has 0 saturated carbocycles. The third-order valence-corrected chi connectivity index (χ3v) is 6.97. The van der Waals surface area contributed by atoms with E-state index in [2.05, 4.69) is 0 Å². The topological polar surface area (TPSA) is 69.5 Å². The molecule has 9 heteroatoms. The van der Waals surface area contributed by atoms with Crippen molar-refractivity contribution in [2.75, 3.05) is 47.5 Å². The molecular formula is C20H27ClN2O5S. The Labute approximate surface area is 178 Å². The lowest BCUT2D eigenvalue weighted by Gasteiger charge is -2.31. The van der Waals surface area contributed by atoms with Crippen LogP contribution in [0.1, 0.15) is 5.56 Å². The van der Waals surface area contributed by atoms with Gasteiger partial charge in [-0.25, -0.2) is 8.42 Å². The summed E-state index contributed by atoms with van der Waals surface area (Å²) in [5, 5.41) is 0. The van der Waals surface area contributed by atoms with Crippen molar-refractivity contribution < 1.29 is 39.9 Å². The summed E-state index contributed by atoms with van der Waals surface area (Å²) in [4.78, 5) is 1.52. The normalized spacial score (nSPS) is 15.4. The molecule has 2 aromatic carbocycles. The van der Waals surface area contributed by atoms with Crippen molar-refractivity contribution in [3.8, 4) is 17.2 Å². The van der Waals surface area contributed by atoms with Crippen LogP contribution in [0.4, 0.5) is 5.69 Å². The van der Waals surface area contributed by atoms with Crippen LogP contribution in [0.5, 0.6) is 17.2 Å². The van der Waals surface area contributed by atoms with E-state index in [4.69, 9.17) is 14.2 Å². The van der Waals surface area contributed by atoms with Crippen molar-refractivity contribution in [1.29, 1.82) is 0 Å². The van der Waals surface area contributed by atoms with Crippen molar-refractivity contribution in [2.45, 2.75) is 11.8 Å². The molecule has 1 saturated heterocycles. The number of sulfonamides is 1. The van der Waals surface area contributed by atoms with Gasteiger partial charge in [-0.15, -0.1) is 0 Å². The molecule has 1 fully saturated rings. The maximum Gasteiger partial charge on any atom is 0.243 e. The molecule has 29 heavy (non-hydrogen) atoms. The van der Waals surface area contributed by atoms with E-state index in [-0.39, 0.29) is 12.4 Å². The highest BCUT2D eigenvalue weighted by Crippen LogP contribution is 2.39. The molecule has 0 amide bonds. The number of piperazine rings is 1. The van der Waals surface area contributed by atoms with Crippen LogP contribution in [0, 0.1) is 6.92 Å².